The van der Waals surface area contributed by atoms with Crippen LogP contribution in [-0.4, -0.2) is 38.0 Å². The van der Waals surface area contributed by atoms with E-state index in [0.29, 0.717) is 5.92 Å². The fraction of sp³-hybridized carbons (Fsp3) is 0.476. The van der Waals surface area contributed by atoms with E-state index < -0.39 is 0 Å². The Morgan fingerprint density at radius 3 is 2.93 bits per heavy atom. The molecular formula is C21H26N6S. The smallest absolute Gasteiger partial charge is 0.212 e. The number of aromatic nitrogens is 5. The van der Waals surface area contributed by atoms with Crippen LogP contribution in [0.3, 0.4) is 0 Å². The summed E-state index contributed by atoms with van der Waals surface area (Å²) in [6.45, 7) is 3.22. The predicted molar refractivity (Wildman–Crippen MR) is 114 cm³/mol. The van der Waals surface area contributed by atoms with Gasteiger partial charge in [0.25, 0.3) is 0 Å². The summed E-state index contributed by atoms with van der Waals surface area (Å²) in [5.41, 5.74) is 4.60. The van der Waals surface area contributed by atoms with Gasteiger partial charge in [-0.3, -0.25) is 4.68 Å². The first kappa shape index (κ1) is 17.8. The van der Waals surface area contributed by atoms with Crippen molar-refractivity contribution in [2.24, 2.45) is 13.0 Å². The molecule has 0 amide bonds. The highest BCUT2D eigenvalue weighted by molar-refractivity contribution is 7.19. The minimum absolute atomic E-state index is 0.591. The summed E-state index contributed by atoms with van der Waals surface area (Å²) in [5, 5.41) is 14.8. The molecule has 7 heteroatoms. The molecule has 0 saturated heterocycles. The second-order valence-corrected chi connectivity index (χ2v) is 9.06. The Morgan fingerprint density at radius 1 is 1.21 bits per heavy atom. The van der Waals surface area contributed by atoms with Gasteiger partial charge in [-0.15, -0.1) is 0 Å². The zero-order valence-corrected chi connectivity index (χ0v) is 17.5. The Hall–Kier alpha value is -2.25. The van der Waals surface area contributed by atoms with Crippen LogP contribution in [-0.2, 0) is 7.05 Å². The molecule has 28 heavy (non-hydrogen) atoms. The van der Waals surface area contributed by atoms with Gasteiger partial charge in [0.2, 0.25) is 4.96 Å². The van der Waals surface area contributed by atoms with Crippen molar-refractivity contribution in [1.29, 1.82) is 0 Å². The van der Waals surface area contributed by atoms with E-state index in [1.165, 1.54) is 36.9 Å². The minimum atomic E-state index is 0.591. The molecule has 5 rings (SSSR count). The molecule has 1 fully saturated rings. The molecule has 1 unspecified atom stereocenters. The highest BCUT2D eigenvalue weighted by Crippen LogP contribution is 2.40. The lowest BCUT2D eigenvalue weighted by atomic mass is 10.00. The first-order valence-electron chi connectivity index (χ1n) is 10.1. The molecule has 4 aromatic rings. The topological polar surface area (TPSA) is 60.0 Å². The molecule has 2 atom stereocenters. The normalized spacial score (nSPS) is 20.0. The second-order valence-electron chi connectivity index (χ2n) is 8.10. The fourth-order valence-corrected chi connectivity index (χ4v) is 5.41. The fourth-order valence-electron chi connectivity index (χ4n) is 4.54. The molecule has 146 valence electrons. The van der Waals surface area contributed by atoms with E-state index in [9.17, 15) is 0 Å². The van der Waals surface area contributed by atoms with Crippen LogP contribution in [0.2, 0.25) is 0 Å². The molecular weight excluding hydrogens is 368 g/mol. The number of imidazole rings is 1. The lowest BCUT2D eigenvalue weighted by molar-refractivity contribution is 0.483. The van der Waals surface area contributed by atoms with Gasteiger partial charge in [0, 0.05) is 30.1 Å². The largest absolute Gasteiger partial charge is 0.320 e. The SMILES string of the molecule is CNCC[C@@H]1CCC(c2cn3nc(-c4cc(C)c5nn(C)cc5c4)sc3n2)C1. The van der Waals surface area contributed by atoms with Crippen LogP contribution in [0.25, 0.3) is 26.4 Å². The maximum absolute atomic E-state index is 4.93. The molecule has 1 aliphatic carbocycles. The maximum atomic E-state index is 4.93. The zero-order valence-electron chi connectivity index (χ0n) is 16.6. The molecule has 3 heterocycles. The van der Waals surface area contributed by atoms with Crippen molar-refractivity contribution in [3.05, 3.63) is 35.8 Å². The van der Waals surface area contributed by atoms with Crippen LogP contribution in [0.5, 0.6) is 0 Å². The molecule has 0 aliphatic heterocycles. The first-order valence-corrected chi connectivity index (χ1v) is 10.9. The predicted octanol–water partition coefficient (Wildman–Crippen LogP) is 4.15. The van der Waals surface area contributed by atoms with Gasteiger partial charge in [0.15, 0.2) is 0 Å². The van der Waals surface area contributed by atoms with Gasteiger partial charge in [-0.1, -0.05) is 11.3 Å². The van der Waals surface area contributed by atoms with E-state index in [0.717, 1.165) is 38.9 Å². The third kappa shape index (κ3) is 3.12. The van der Waals surface area contributed by atoms with Gasteiger partial charge in [-0.25, -0.2) is 9.50 Å². The summed E-state index contributed by atoms with van der Waals surface area (Å²) in [4.78, 5) is 5.92. The molecule has 0 bridgehead atoms. The van der Waals surface area contributed by atoms with Crippen molar-refractivity contribution in [3.63, 3.8) is 0 Å². The quantitative estimate of drug-likeness (QED) is 0.552. The lowest BCUT2D eigenvalue weighted by Crippen LogP contribution is -2.11. The molecule has 1 saturated carbocycles. The molecule has 6 nitrogen and oxygen atoms in total. The molecule has 1 N–H and O–H groups in total. The van der Waals surface area contributed by atoms with E-state index in [2.05, 4.69) is 41.9 Å². The summed E-state index contributed by atoms with van der Waals surface area (Å²) >= 11 is 1.67. The number of aryl methyl sites for hydroxylation is 2. The number of hydrogen-bond donors (Lipinski definition) is 1. The maximum Gasteiger partial charge on any atom is 0.212 e. The summed E-state index contributed by atoms with van der Waals surface area (Å²) in [6.07, 6.45) is 9.32. The lowest BCUT2D eigenvalue weighted by Gasteiger charge is -2.09. The van der Waals surface area contributed by atoms with Crippen molar-refractivity contribution in [1.82, 2.24) is 29.7 Å². The number of nitrogens with one attached hydrogen (secondary N) is 1. The monoisotopic (exact) mass is 394 g/mol. The Kier molecular flexibility index (Phi) is 4.44. The van der Waals surface area contributed by atoms with Crippen molar-refractivity contribution >= 4 is 27.2 Å². The van der Waals surface area contributed by atoms with Gasteiger partial charge in [-0.2, -0.15) is 10.2 Å². The van der Waals surface area contributed by atoms with Crippen molar-refractivity contribution < 1.29 is 0 Å². The highest BCUT2D eigenvalue weighted by atomic mass is 32.1. The Labute approximate surface area is 168 Å². The van der Waals surface area contributed by atoms with Crippen LogP contribution in [0.15, 0.2) is 24.5 Å². The van der Waals surface area contributed by atoms with Crippen LogP contribution in [0.4, 0.5) is 0 Å². The number of rotatable bonds is 5. The van der Waals surface area contributed by atoms with Gasteiger partial charge in [0.05, 0.1) is 17.4 Å². The van der Waals surface area contributed by atoms with E-state index >= 15 is 0 Å². The third-order valence-electron chi connectivity index (χ3n) is 5.98. The summed E-state index contributed by atoms with van der Waals surface area (Å²) in [5.74, 6) is 1.42. The van der Waals surface area contributed by atoms with Crippen molar-refractivity contribution in [3.8, 4) is 10.6 Å². The Morgan fingerprint density at radius 2 is 2.11 bits per heavy atom. The van der Waals surface area contributed by atoms with Crippen LogP contribution < -0.4 is 5.32 Å². The molecule has 3 aromatic heterocycles. The minimum Gasteiger partial charge on any atom is -0.320 e. The van der Waals surface area contributed by atoms with Crippen LogP contribution in [0.1, 0.15) is 42.9 Å². The average Bonchev–Trinajstić information content (AvgIpc) is 3.41. The summed E-state index contributed by atoms with van der Waals surface area (Å²) in [6, 6.07) is 4.36. The average molecular weight is 395 g/mol. The number of fused-ring (bicyclic) bond motifs is 2. The molecule has 1 aromatic carbocycles. The van der Waals surface area contributed by atoms with Crippen molar-refractivity contribution in [2.45, 2.75) is 38.5 Å². The Bertz CT molecular complexity index is 1110. The van der Waals surface area contributed by atoms with Crippen molar-refractivity contribution in [2.75, 3.05) is 13.6 Å². The zero-order chi connectivity index (χ0) is 19.3. The number of nitrogens with zero attached hydrogens (tertiary/aromatic N) is 5. The van der Waals surface area contributed by atoms with Gasteiger partial charge >= 0.3 is 0 Å². The number of hydrogen-bond acceptors (Lipinski definition) is 5. The van der Waals surface area contributed by atoms with Crippen LogP contribution >= 0.6 is 11.3 Å². The van der Waals surface area contributed by atoms with E-state index in [1.807, 2.05) is 23.3 Å². The highest BCUT2D eigenvalue weighted by Gasteiger charge is 2.27. The summed E-state index contributed by atoms with van der Waals surface area (Å²) in [7, 11) is 4.00. The molecule has 1 aliphatic rings. The first-order chi connectivity index (χ1) is 13.6. The number of benzene rings is 1. The van der Waals surface area contributed by atoms with Gasteiger partial charge in [-0.05, 0) is 69.8 Å². The standard InChI is InChI=1S/C21H26N6S/c1-13-8-16(10-17-11-26(3)24-19(13)17)20-25-27-12-18(23-21(27)28-20)15-5-4-14(9-15)6-7-22-2/h8,10-12,14-15,22H,4-7,9H2,1-3H3/t14-,15?/m0/s1. The molecule has 0 radical (unpaired) electrons. The van der Waals surface area contributed by atoms with Gasteiger partial charge in [0.1, 0.15) is 5.01 Å². The van der Waals surface area contributed by atoms with Crippen LogP contribution in [0, 0.1) is 12.8 Å². The van der Waals surface area contributed by atoms with E-state index in [1.54, 1.807) is 11.3 Å². The molecule has 0 spiro atoms. The Balaban J connectivity index is 1.41. The summed E-state index contributed by atoms with van der Waals surface area (Å²) < 4.78 is 3.84. The second kappa shape index (κ2) is 6.97. The van der Waals surface area contributed by atoms with E-state index in [-0.39, 0.29) is 0 Å². The van der Waals surface area contributed by atoms with Gasteiger partial charge < -0.3 is 5.32 Å². The third-order valence-corrected chi connectivity index (χ3v) is 6.96. The van der Waals surface area contributed by atoms with E-state index in [4.69, 9.17) is 10.1 Å².